The van der Waals surface area contributed by atoms with Crippen LogP contribution in [0.1, 0.15) is 32.6 Å². The second-order valence-electron chi connectivity index (χ2n) is 7.73. The highest BCUT2D eigenvalue weighted by Gasteiger charge is 2.41. The summed E-state index contributed by atoms with van der Waals surface area (Å²) in [4.78, 5) is 28.2. The maximum Gasteiger partial charge on any atom is 0.490 e. The second-order valence-corrected chi connectivity index (χ2v) is 7.73. The highest BCUT2D eigenvalue weighted by Crippen LogP contribution is 2.33. The number of carbonyl (C=O) groups excluding carboxylic acids is 1. The Morgan fingerprint density at radius 3 is 2.21 bits per heavy atom. The van der Waals surface area contributed by atoms with Crippen LogP contribution in [0.2, 0.25) is 0 Å². The minimum absolute atomic E-state index is 0.153. The molecule has 3 rings (SSSR count). The van der Waals surface area contributed by atoms with Gasteiger partial charge in [-0.2, -0.15) is 13.2 Å². The molecule has 1 unspecified atom stereocenters. The first-order valence-corrected chi connectivity index (χ1v) is 9.81. The van der Waals surface area contributed by atoms with Crippen LogP contribution in [-0.4, -0.2) is 97.0 Å². The van der Waals surface area contributed by atoms with Gasteiger partial charge in [-0.25, -0.2) is 9.59 Å². The average molecular weight is 409 g/mol. The summed E-state index contributed by atoms with van der Waals surface area (Å²) in [6.45, 7) is 10.7. The zero-order valence-electron chi connectivity index (χ0n) is 16.3. The molecule has 2 amide bonds. The summed E-state index contributed by atoms with van der Waals surface area (Å²) in [5.74, 6) is -2.76. The Bertz CT molecular complexity index is 541. The van der Waals surface area contributed by atoms with Crippen molar-refractivity contribution in [2.45, 2.75) is 38.8 Å². The molecule has 1 N–H and O–H groups in total. The number of carboxylic acid groups (broad SMARTS) is 1. The van der Waals surface area contributed by atoms with Crippen LogP contribution >= 0.6 is 0 Å². The molecule has 1 atom stereocenters. The number of carboxylic acids is 1. The maximum atomic E-state index is 12.7. The standard InChI is InChI=1S/C16H29N3O2.C2HF3O2/c1-2-17-10-11-21-14-16(12-17)6-5-9-19(13-16)15(20)18-7-3-4-8-18;3-2(4,5)1(6)7/h2-14H2,1H3;(H,6,7). The molecule has 3 aliphatic rings. The maximum absolute atomic E-state index is 12.7. The Balaban J connectivity index is 0.000000345. The second kappa shape index (κ2) is 9.78. The Morgan fingerprint density at radius 1 is 1.04 bits per heavy atom. The van der Waals surface area contributed by atoms with Crippen molar-refractivity contribution in [1.29, 1.82) is 0 Å². The van der Waals surface area contributed by atoms with Gasteiger partial charge in [0, 0.05) is 44.7 Å². The summed E-state index contributed by atoms with van der Waals surface area (Å²) in [5.41, 5.74) is 0.153. The van der Waals surface area contributed by atoms with Gasteiger partial charge in [-0.15, -0.1) is 0 Å². The van der Waals surface area contributed by atoms with E-state index < -0.39 is 12.1 Å². The number of amides is 2. The Kier molecular flexibility index (Phi) is 7.94. The Morgan fingerprint density at radius 2 is 1.64 bits per heavy atom. The van der Waals surface area contributed by atoms with Gasteiger partial charge in [0.15, 0.2) is 0 Å². The van der Waals surface area contributed by atoms with Crippen molar-refractivity contribution in [3.63, 3.8) is 0 Å². The smallest absolute Gasteiger partial charge is 0.475 e. The molecule has 162 valence electrons. The summed E-state index contributed by atoms with van der Waals surface area (Å²) in [6.07, 6.45) is -0.456. The normalized spacial score (nSPS) is 26.6. The van der Waals surface area contributed by atoms with Crippen molar-refractivity contribution >= 4 is 12.0 Å². The fourth-order valence-electron chi connectivity index (χ4n) is 4.08. The Labute approximate surface area is 163 Å². The molecule has 0 radical (unpaired) electrons. The molecule has 0 saturated carbocycles. The van der Waals surface area contributed by atoms with Gasteiger partial charge in [0.1, 0.15) is 0 Å². The van der Waals surface area contributed by atoms with Gasteiger partial charge in [0.2, 0.25) is 0 Å². The van der Waals surface area contributed by atoms with E-state index in [2.05, 4.69) is 16.7 Å². The minimum Gasteiger partial charge on any atom is -0.475 e. The number of alkyl halides is 3. The van der Waals surface area contributed by atoms with E-state index in [-0.39, 0.29) is 11.4 Å². The predicted molar refractivity (Wildman–Crippen MR) is 96.1 cm³/mol. The van der Waals surface area contributed by atoms with Crippen LogP contribution in [0.15, 0.2) is 0 Å². The highest BCUT2D eigenvalue weighted by molar-refractivity contribution is 5.75. The van der Waals surface area contributed by atoms with E-state index in [9.17, 15) is 18.0 Å². The van der Waals surface area contributed by atoms with Crippen LogP contribution in [-0.2, 0) is 9.53 Å². The number of hydrogen-bond donors (Lipinski definition) is 1. The topological polar surface area (TPSA) is 73.3 Å². The lowest BCUT2D eigenvalue weighted by atomic mass is 9.80. The van der Waals surface area contributed by atoms with E-state index in [1.807, 2.05) is 4.90 Å². The first-order chi connectivity index (χ1) is 13.2. The van der Waals surface area contributed by atoms with E-state index in [0.29, 0.717) is 0 Å². The SMILES string of the molecule is CCN1CCOCC2(CCCN(C(=O)N3CCCC3)C2)C1.O=C(O)C(F)(F)F. The molecule has 0 aromatic carbocycles. The zero-order valence-corrected chi connectivity index (χ0v) is 16.3. The molecule has 3 fully saturated rings. The van der Waals surface area contributed by atoms with Crippen LogP contribution in [0, 0.1) is 5.41 Å². The number of piperidine rings is 1. The first-order valence-electron chi connectivity index (χ1n) is 9.81. The van der Waals surface area contributed by atoms with E-state index >= 15 is 0 Å². The molecule has 3 saturated heterocycles. The molecule has 0 aromatic heterocycles. The molecular formula is C18H30F3N3O4. The van der Waals surface area contributed by atoms with Crippen molar-refractivity contribution in [1.82, 2.24) is 14.7 Å². The number of carbonyl (C=O) groups is 2. The summed E-state index contributed by atoms with van der Waals surface area (Å²) in [6, 6.07) is 0.263. The molecule has 0 bridgehead atoms. The van der Waals surface area contributed by atoms with E-state index in [1.165, 1.54) is 6.42 Å². The molecule has 0 aliphatic carbocycles. The zero-order chi connectivity index (χ0) is 20.8. The lowest BCUT2D eigenvalue weighted by Gasteiger charge is -2.44. The quantitative estimate of drug-likeness (QED) is 0.719. The molecule has 7 nitrogen and oxygen atoms in total. The van der Waals surface area contributed by atoms with Gasteiger partial charge >= 0.3 is 18.2 Å². The van der Waals surface area contributed by atoms with Gasteiger partial charge in [-0.05, 0) is 32.2 Å². The van der Waals surface area contributed by atoms with E-state index in [1.54, 1.807) is 0 Å². The third-order valence-electron chi connectivity index (χ3n) is 5.52. The lowest BCUT2D eigenvalue weighted by Crippen LogP contribution is -2.54. The van der Waals surface area contributed by atoms with Crippen LogP contribution in [0.3, 0.4) is 0 Å². The molecule has 3 heterocycles. The minimum atomic E-state index is -5.08. The molecule has 1 spiro atoms. The molecule has 3 aliphatic heterocycles. The largest absolute Gasteiger partial charge is 0.490 e. The van der Waals surface area contributed by atoms with Crippen molar-refractivity contribution < 1.29 is 32.6 Å². The number of likely N-dealkylation sites (tertiary alicyclic amines) is 2. The van der Waals surface area contributed by atoms with E-state index in [4.69, 9.17) is 14.6 Å². The monoisotopic (exact) mass is 409 g/mol. The molecule has 0 aromatic rings. The molecular weight excluding hydrogens is 379 g/mol. The number of nitrogens with zero attached hydrogens (tertiary/aromatic N) is 3. The first kappa shape index (κ1) is 22.7. The molecule has 28 heavy (non-hydrogen) atoms. The number of hydrogen-bond acceptors (Lipinski definition) is 4. The number of urea groups is 1. The van der Waals surface area contributed by atoms with E-state index in [0.717, 1.165) is 78.3 Å². The summed E-state index contributed by atoms with van der Waals surface area (Å²) < 4.78 is 37.6. The number of rotatable bonds is 1. The fourth-order valence-corrected chi connectivity index (χ4v) is 4.08. The lowest BCUT2D eigenvalue weighted by molar-refractivity contribution is -0.192. The average Bonchev–Trinajstić information content (AvgIpc) is 3.11. The highest BCUT2D eigenvalue weighted by atomic mass is 19.4. The molecule has 10 heteroatoms. The summed E-state index contributed by atoms with van der Waals surface area (Å²) in [5, 5.41) is 7.12. The Hall–Kier alpha value is -1.55. The summed E-state index contributed by atoms with van der Waals surface area (Å²) in [7, 11) is 0. The van der Waals surface area contributed by atoms with Crippen molar-refractivity contribution in [2.24, 2.45) is 5.41 Å². The predicted octanol–water partition coefficient (Wildman–Crippen LogP) is 2.27. The van der Waals surface area contributed by atoms with Crippen LogP contribution in [0.4, 0.5) is 18.0 Å². The van der Waals surface area contributed by atoms with Gasteiger partial charge in [-0.1, -0.05) is 6.92 Å². The van der Waals surface area contributed by atoms with Crippen molar-refractivity contribution in [3.05, 3.63) is 0 Å². The van der Waals surface area contributed by atoms with Gasteiger partial charge in [-0.3, -0.25) is 0 Å². The number of aliphatic carboxylic acids is 1. The van der Waals surface area contributed by atoms with Gasteiger partial charge in [0.25, 0.3) is 0 Å². The van der Waals surface area contributed by atoms with Crippen molar-refractivity contribution in [2.75, 3.05) is 59.0 Å². The van der Waals surface area contributed by atoms with Crippen molar-refractivity contribution in [3.8, 4) is 0 Å². The number of ether oxygens (including phenoxy) is 1. The third-order valence-corrected chi connectivity index (χ3v) is 5.52. The van der Waals surface area contributed by atoms with Crippen LogP contribution < -0.4 is 0 Å². The summed E-state index contributed by atoms with van der Waals surface area (Å²) >= 11 is 0. The van der Waals surface area contributed by atoms with Crippen LogP contribution in [0.25, 0.3) is 0 Å². The third kappa shape index (κ3) is 6.23. The number of halogens is 3. The van der Waals surface area contributed by atoms with Gasteiger partial charge < -0.3 is 24.5 Å². The fraction of sp³-hybridized carbons (Fsp3) is 0.889. The number of likely N-dealkylation sites (N-methyl/N-ethyl adjacent to an activating group) is 1. The van der Waals surface area contributed by atoms with Crippen LogP contribution in [0.5, 0.6) is 0 Å². The van der Waals surface area contributed by atoms with Gasteiger partial charge in [0.05, 0.1) is 13.2 Å².